The van der Waals surface area contributed by atoms with Crippen molar-refractivity contribution in [3.05, 3.63) is 27.7 Å². The Kier molecular flexibility index (Phi) is 7.92. The lowest BCUT2D eigenvalue weighted by molar-refractivity contribution is -0.139. The maximum atomic E-state index is 11.3. The van der Waals surface area contributed by atoms with Crippen LogP contribution in [0, 0.1) is 0 Å². The van der Waals surface area contributed by atoms with Gasteiger partial charge in [0.05, 0.1) is 18.7 Å². The molecule has 0 saturated carbocycles. The molecule has 0 saturated heterocycles. The second kappa shape index (κ2) is 9.46. The third-order valence-electron chi connectivity index (χ3n) is 2.38. The van der Waals surface area contributed by atoms with Crippen LogP contribution in [0.2, 0.25) is 5.02 Å². The molecule has 0 spiro atoms. The zero-order valence-corrected chi connectivity index (χ0v) is 13.8. The second-order valence-corrected chi connectivity index (χ2v) is 5.29. The quantitative estimate of drug-likeness (QED) is 0.563. The summed E-state index contributed by atoms with van der Waals surface area (Å²) in [5.74, 6) is 0.0911. The summed E-state index contributed by atoms with van der Waals surface area (Å²) in [5, 5.41) is 5.48. The molecule has 0 aliphatic rings. The van der Waals surface area contributed by atoms with Gasteiger partial charge in [-0.05, 0) is 24.6 Å². The highest BCUT2D eigenvalue weighted by molar-refractivity contribution is 9.10. The molecule has 0 fully saturated rings. The molecular formula is C13H16BrClN2O4. The van der Waals surface area contributed by atoms with Gasteiger partial charge in [-0.25, -0.2) is 4.79 Å². The number of carbonyl (C=O) groups excluding carboxylic acids is 2. The average molecular weight is 380 g/mol. The zero-order chi connectivity index (χ0) is 15.7. The molecule has 0 heterocycles. The summed E-state index contributed by atoms with van der Waals surface area (Å²) in [6.07, 6.45) is 0.609. The predicted molar refractivity (Wildman–Crippen MR) is 82.7 cm³/mol. The standard InChI is InChI=1S/C13H16BrClN2O4/c1-20-12(18)8-17-13(19)16-5-2-6-21-11-4-3-9(14)7-10(11)15/h3-4,7H,2,5-6,8H2,1H3,(H2,16,17,19). The molecule has 2 amide bonds. The SMILES string of the molecule is COC(=O)CNC(=O)NCCCOc1ccc(Br)cc1Cl. The van der Waals surface area contributed by atoms with Gasteiger partial charge in [0.15, 0.2) is 0 Å². The topological polar surface area (TPSA) is 76.7 Å². The van der Waals surface area contributed by atoms with E-state index in [1.54, 1.807) is 12.1 Å². The lowest BCUT2D eigenvalue weighted by Gasteiger charge is -2.09. The fourth-order valence-electron chi connectivity index (χ4n) is 1.34. The molecule has 1 aromatic rings. The van der Waals surface area contributed by atoms with Crippen molar-refractivity contribution in [1.29, 1.82) is 0 Å². The fraction of sp³-hybridized carbons (Fsp3) is 0.385. The third kappa shape index (κ3) is 7.19. The molecule has 0 aliphatic heterocycles. The number of nitrogens with one attached hydrogen (secondary N) is 2. The van der Waals surface area contributed by atoms with Gasteiger partial charge in [0.25, 0.3) is 0 Å². The molecule has 1 rings (SSSR count). The largest absolute Gasteiger partial charge is 0.492 e. The number of hydrogen-bond donors (Lipinski definition) is 2. The van der Waals surface area contributed by atoms with E-state index in [4.69, 9.17) is 16.3 Å². The van der Waals surface area contributed by atoms with E-state index in [-0.39, 0.29) is 6.54 Å². The minimum absolute atomic E-state index is 0.159. The molecule has 116 valence electrons. The number of amides is 2. The lowest BCUT2D eigenvalue weighted by atomic mass is 10.3. The van der Waals surface area contributed by atoms with Gasteiger partial charge in [0, 0.05) is 11.0 Å². The summed E-state index contributed by atoms with van der Waals surface area (Å²) in [6, 6.07) is 4.92. The first kappa shape index (κ1) is 17.6. The van der Waals surface area contributed by atoms with Crippen molar-refractivity contribution in [2.75, 3.05) is 26.8 Å². The first-order valence-electron chi connectivity index (χ1n) is 6.19. The van der Waals surface area contributed by atoms with E-state index in [1.807, 2.05) is 6.07 Å². The van der Waals surface area contributed by atoms with Crippen LogP contribution < -0.4 is 15.4 Å². The summed E-state index contributed by atoms with van der Waals surface area (Å²) < 4.78 is 10.8. The number of esters is 1. The van der Waals surface area contributed by atoms with Crippen molar-refractivity contribution in [3.8, 4) is 5.75 Å². The van der Waals surface area contributed by atoms with Crippen molar-refractivity contribution < 1.29 is 19.1 Å². The molecule has 0 radical (unpaired) electrons. The summed E-state index contributed by atoms with van der Waals surface area (Å²) in [4.78, 5) is 22.1. The lowest BCUT2D eigenvalue weighted by Crippen LogP contribution is -2.39. The number of benzene rings is 1. The van der Waals surface area contributed by atoms with Gasteiger partial charge in [-0.15, -0.1) is 0 Å². The Labute approximate surface area is 136 Å². The van der Waals surface area contributed by atoms with Crippen LogP contribution in [0.15, 0.2) is 22.7 Å². The van der Waals surface area contributed by atoms with E-state index >= 15 is 0 Å². The van der Waals surface area contributed by atoms with Gasteiger partial charge in [-0.3, -0.25) is 4.79 Å². The highest BCUT2D eigenvalue weighted by atomic mass is 79.9. The number of carbonyl (C=O) groups is 2. The number of halogens is 2. The molecule has 2 N–H and O–H groups in total. The molecule has 0 aliphatic carbocycles. The third-order valence-corrected chi connectivity index (χ3v) is 3.17. The van der Waals surface area contributed by atoms with E-state index in [0.717, 1.165) is 4.47 Å². The number of ether oxygens (including phenoxy) is 2. The van der Waals surface area contributed by atoms with Crippen LogP contribution in [-0.2, 0) is 9.53 Å². The van der Waals surface area contributed by atoms with Crippen LogP contribution in [0.25, 0.3) is 0 Å². The van der Waals surface area contributed by atoms with Gasteiger partial charge in [-0.1, -0.05) is 27.5 Å². The Bertz CT molecular complexity index is 499. The molecular weight excluding hydrogens is 364 g/mol. The predicted octanol–water partition coefficient (Wildman–Crippen LogP) is 2.34. The van der Waals surface area contributed by atoms with E-state index in [0.29, 0.717) is 30.3 Å². The second-order valence-electron chi connectivity index (χ2n) is 3.96. The van der Waals surface area contributed by atoms with E-state index in [1.165, 1.54) is 7.11 Å². The highest BCUT2D eigenvalue weighted by Crippen LogP contribution is 2.27. The van der Waals surface area contributed by atoms with Crippen molar-refractivity contribution in [1.82, 2.24) is 10.6 Å². The fourth-order valence-corrected chi connectivity index (χ4v) is 2.06. The van der Waals surface area contributed by atoms with Crippen molar-refractivity contribution in [3.63, 3.8) is 0 Å². The van der Waals surface area contributed by atoms with Crippen LogP contribution >= 0.6 is 27.5 Å². The van der Waals surface area contributed by atoms with Crippen LogP contribution in [-0.4, -0.2) is 38.8 Å². The van der Waals surface area contributed by atoms with Gasteiger partial charge in [0.1, 0.15) is 12.3 Å². The Morgan fingerprint density at radius 1 is 1.33 bits per heavy atom. The van der Waals surface area contributed by atoms with E-state index in [9.17, 15) is 9.59 Å². The molecule has 0 unspecified atom stereocenters. The summed E-state index contributed by atoms with van der Waals surface area (Å²) in [5.41, 5.74) is 0. The van der Waals surface area contributed by atoms with Crippen LogP contribution in [0.5, 0.6) is 5.75 Å². The number of urea groups is 1. The van der Waals surface area contributed by atoms with Crippen LogP contribution in [0.3, 0.4) is 0 Å². The van der Waals surface area contributed by atoms with Gasteiger partial charge < -0.3 is 20.1 Å². The zero-order valence-electron chi connectivity index (χ0n) is 11.4. The maximum absolute atomic E-state index is 11.3. The highest BCUT2D eigenvalue weighted by Gasteiger charge is 2.04. The molecule has 0 bridgehead atoms. The van der Waals surface area contributed by atoms with Crippen LogP contribution in [0.1, 0.15) is 6.42 Å². The number of hydrogen-bond acceptors (Lipinski definition) is 4. The Morgan fingerprint density at radius 3 is 2.76 bits per heavy atom. The molecule has 1 aromatic carbocycles. The Morgan fingerprint density at radius 2 is 2.10 bits per heavy atom. The molecule has 21 heavy (non-hydrogen) atoms. The molecule has 0 atom stereocenters. The smallest absolute Gasteiger partial charge is 0.325 e. The van der Waals surface area contributed by atoms with Crippen molar-refractivity contribution >= 4 is 39.5 Å². The first-order valence-corrected chi connectivity index (χ1v) is 7.36. The average Bonchev–Trinajstić information content (AvgIpc) is 2.46. The Balaban J connectivity index is 2.14. The van der Waals surface area contributed by atoms with Gasteiger partial charge in [-0.2, -0.15) is 0 Å². The molecule has 0 aromatic heterocycles. The minimum atomic E-state index is -0.502. The molecule has 6 nitrogen and oxygen atoms in total. The van der Waals surface area contributed by atoms with Gasteiger partial charge >= 0.3 is 12.0 Å². The van der Waals surface area contributed by atoms with Crippen LogP contribution in [0.4, 0.5) is 4.79 Å². The van der Waals surface area contributed by atoms with E-state index in [2.05, 4.69) is 31.3 Å². The van der Waals surface area contributed by atoms with E-state index < -0.39 is 12.0 Å². The van der Waals surface area contributed by atoms with Crippen molar-refractivity contribution in [2.24, 2.45) is 0 Å². The Hall–Kier alpha value is -1.47. The summed E-state index contributed by atoms with van der Waals surface area (Å²) >= 11 is 9.31. The number of methoxy groups -OCH3 is 1. The first-order chi connectivity index (χ1) is 10.0. The van der Waals surface area contributed by atoms with Gasteiger partial charge in [0.2, 0.25) is 0 Å². The molecule has 8 heteroatoms. The normalized spacial score (nSPS) is 9.86. The number of rotatable bonds is 7. The monoisotopic (exact) mass is 378 g/mol. The minimum Gasteiger partial charge on any atom is -0.492 e. The maximum Gasteiger partial charge on any atom is 0.325 e. The van der Waals surface area contributed by atoms with Crippen molar-refractivity contribution in [2.45, 2.75) is 6.42 Å². The summed E-state index contributed by atoms with van der Waals surface area (Å²) in [7, 11) is 1.26. The summed E-state index contributed by atoms with van der Waals surface area (Å²) in [6.45, 7) is 0.674.